The van der Waals surface area contributed by atoms with Crippen LogP contribution in [0.2, 0.25) is 0 Å². The highest BCUT2D eigenvalue weighted by Gasteiger charge is 2.31. The van der Waals surface area contributed by atoms with E-state index < -0.39 is 17.7 Å². The zero-order valence-corrected chi connectivity index (χ0v) is 18.1. The largest absolute Gasteiger partial charge is 0.493 e. The van der Waals surface area contributed by atoms with Crippen molar-refractivity contribution in [1.29, 1.82) is 0 Å². The number of carbonyl (C=O) groups is 1. The molecule has 1 unspecified atom stereocenters. The molecule has 0 aliphatic heterocycles. The summed E-state index contributed by atoms with van der Waals surface area (Å²) in [4.78, 5) is 16.9. The van der Waals surface area contributed by atoms with E-state index in [9.17, 15) is 18.0 Å². The van der Waals surface area contributed by atoms with Crippen molar-refractivity contribution in [3.63, 3.8) is 0 Å². The normalized spacial score (nSPS) is 15.7. The number of ether oxygens (including phenoxy) is 1. The highest BCUT2D eigenvalue weighted by molar-refractivity contribution is 7.15. The Morgan fingerprint density at radius 3 is 2.70 bits per heavy atom. The predicted octanol–water partition coefficient (Wildman–Crippen LogP) is 5.98. The molecule has 0 spiro atoms. The summed E-state index contributed by atoms with van der Waals surface area (Å²) in [6.07, 6.45) is -0.825. The Balaban J connectivity index is 1.28. The van der Waals surface area contributed by atoms with E-state index >= 15 is 0 Å². The number of carboxylic acid groups (broad SMARTS) is 1. The van der Waals surface area contributed by atoms with Gasteiger partial charge in [-0.15, -0.1) is 11.3 Å². The third-order valence-corrected chi connectivity index (χ3v) is 6.97. The van der Waals surface area contributed by atoms with Gasteiger partial charge < -0.3 is 14.4 Å². The van der Waals surface area contributed by atoms with Gasteiger partial charge in [-0.2, -0.15) is 13.2 Å². The molecule has 4 aromatic rings. The van der Waals surface area contributed by atoms with Gasteiger partial charge in [-0.1, -0.05) is 12.1 Å². The third-order valence-electron chi connectivity index (χ3n) is 5.79. The number of carboxylic acids is 1. The summed E-state index contributed by atoms with van der Waals surface area (Å²) in [5, 5.41) is 10.6. The van der Waals surface area contributed by atoms with Crippen molar-refractivity contribution in [2.24, 2.45) is 0 Å². The van der Waals surface area contributed by atoms with Crippen LogP contribution in [-0.4, -0.2) is 27.2 Å². The maximum absolute atomic E-state index is 12.8. The summed E-state index contributed by atoms with van der Waals surface area (Å²) in [7, 11) is 0. The highest BCUT2D eigenvalue weighted by Crippen LogP contribution is 2.40. The van der Waals surface area contributed by atoms with Crippen molar-refractivity contribution in [2.45, 2.75) is 31.5 Å². The average Bonchev–Trinajstić information content (AvgIpc) is 3.46. The molecule has 1 aliphatic carbocycles. The fraction of sp³-hybridized carbons (Fsp3) is 0.250. The lowest BCUT2D eigenvalue weighted by Gasteiger charge is -2.12. The van der Waals surface area contributed by atoms with Crippen LogP contribution in [0.5, 0.6) is 5.75 Å². The fourth-order valence-electron chi connectivity index (χ4n) is 4.14. The molecule has 2 heterocycles. The molecule has 2 aromatic carbocycles. The summed E-state index contributed by atoms with van der Waals surface area (Å²) in [5.41, 5.74) is 1.80. The zero-order chi connectivity index (χ0) is 23.2. The Morgan fingerprint density at radius 2 is 1.97 bits per heavy atom. The molecule has 5 rings (SSSR count). The molecule has 1 aliphatic rings. The molecule has 170 valence electrons. The van der Waals surface area contributed by atoms with E-state index in [-0.39, 0.29) is 12.5 Å². The van der Waals surface area contributed by atoms with Crippen LogP contribution in [0.4, 0.5) is 13.2 Å². The molecular weight excluding hydrogens is 453 g/mol. The van der Waals surface area contributed by atoms with Gasteiger partial charge in [0.05, 0.1) is 17.9 Å². The van der Waals surface area contributed by atoms with E-state index in [0.29, 0.717) is 17.9 Å². The van der Waals surface area contributed by atoms with E-state index in [1.54, 1.807) is 10.8 Å². The van der Waals surface area contributed by atoms with Crippen molar-refractivity contribution in [1.82, 2.24) is 9.55 Å². The SMILES string of the molecule is O=C(O)Cn1ccc2cc(OCC3CCc4sc(-c5ccc(C(F)(F)F)cc5)nc43)ccc21. The van der Waals surface area contributed by atoms with Gasteiger partial charge in [-0.05, 0) is 49.2 Å². The van der Waals surface area contributed by atoms with Crippen molar-refractivity contribution < 1.29 is 27.8 Å². The molecule has 1 N–H and O–H groups in total. The number of aromatic nitrogens is 2. The molecule has 0 bridgehead atoms. The summed E-state index contributed by atoms with van der Waals surface area (Å²) in [5.74, 6) is -0.0854. The van der Waals surface area contributed by atoms with Crippen LogP contribution in [0.25, 0.3) is 21.5 Å². The van der Waals surface area contributed by atoms with Crippen LogP contribution in [0, 0.1) is 0 Å². The van der Waals surface area contributed by atoms with Gasteiger partial charge in [0.25, 0.3) is 0 Å². The Labute approximate surface area is 191 Å². The van der Waals surface area contributed by atoms with Gasteiger partial charge in [0.15, 0.2) is 0 Å². The van der Waals surface area contributed by atoms with Gasteiger partial charge in [-0.3, -0.25) is 4.79 Å². The van der Waals surface area contributed by atoms with E-state index in [1.165, 1.54) is 23.5 Å². The van der Waals surface area contributed by atoms with Crippen LogP contribution in [0.1, 0.15) is 28.5 Å². The molecule has 0 saturated carbocycles. The predicted molar refractivity (Wildman–Crippen MR) is 119 cm³/mol. The minimum absolute atomic E-state index is 0.0976. The number of benzene rings is 2. The molecule has 0 fully saturated rings. The first-order valence-electron chi connectivity index (χ1n) is 10.4. The number of hydrogen-bond donors (Lipinski definition) is 1. The van der Waals surface area contributed by atoms with Crippen molar-refractivity contribution in [3.8, 4) is 16.3 Å². The maximum Gasteiger partial charge on any atom is 0.416 e. The first kappa shape index (κ1) is 21.5. The molecule has 33 heavy (non-hydrogen) atoms. The molecule has 9 heteroatoms. The number of halogens is 3. The first-order valence-corrected chi connectivity index (χ1v) is 11.2. The average molecular weight is 472 g/mol. The molecule has 0 saturated heterocycles. The van der Waals surface area contributed by atoms with Crippen LogP contribution in [0.15, 0.2) is 54.7 Å². The topological polar surface area (TPSA) is 64.3 Å². The maximum atomic E-state index is 12.8. The molecule has 0 radical (unpaired) electrons. The Bertz CT molecular complexity index is 1330. The van der Waals surface area contributed by atoms with Gasteiger partial charge in [0.2, 0.25) is 0 Å². The summed E-state index contributed by atoms with van der Waals surface area (Å²) in [6.45, 7) is 0.351. The number of thiazole rings is 1. The monoisotopic (exact) mass is 472 g/mol. The number of aryl methyl sites for hydroxylation is 1. The van der Waals surface area contributed by atoms with Crippen molar-refractivity contribution in [3.05, 3.63) is 70.9 Å². The minimum Gasteiger partial charge on any atom is -0.493 e. The Hall–Kier alpha value is -3.33. The summed E-state index contributed by atoms with van der Waals surface area (Å²) in [6, 6.07) is 12.5. The molecule has 5 nitrogen and oxygen atoms in total. The highest BCUT2D eigenvalue weighted by atomic mass is 32.1. The van der Waals surface area contributed by atoms with Gasteiger partial charge in [-0.25, -0.2) is 4.98 Å². The first-order chi connectivity index (χ1) is 15.8. The van der Waals surface area contributed by atoms with Gasteiger partial charge in [0, 0.05) is 33.5 Å². The fourth-order valence-corrected chi connectivity index (χ4v) is 5.31. The van der Waals surface area contributed by atoms with E-state index in [2.05, 4.69) is 0 Å². The standard InChI is InChI=1S/C24H19F3N2O3S/c25-24(26,27)17-4-1-14(2-5-17)23-28-22-16(3-8-20(22)33-23)13-32-18-6-7-19-15(11-18)9-10-29(19)12-21(30)31/h1-2,4-7,9-11,16H,3,8,12-13H2,(H,30,31). The summed E-state index contributed by atoms with van der Waals surface area (Å²) < 4.78 is 46.1. The second-order valence-corrected chi connectivity index (χ2v) is 9.09. The summed E-state index contributed by atoms with van der Waals surface area (Å²) >= 11 is 1.52. The number of alkyl halides is 3. The lowest BCUT2D eigenvalue weighted by atomic mass is 10.1. The van der Waals surface area contributed by atoms with Crippen LogP contribution < -0.4 is 4.74 Å². The number of fused-ring (bicyclic) bond motifs is 2. The number of rotatable bonds is 6. The van der Waals surface area contributed by atoms with Gasteiger partial charge in [0.1, 0.15) is 17.3 Å². The Morgan fingerprint density at radius 1 is 1.18 bits per heavy atom. The number of hydrogen-bond acceptors (Lipinski definition) is 4. The second-order valence-electron chi connectivity index (χ2n) is 8.01. The zero-order valence-electron chi connectivity index (χ0n) is 17.3. The molecular formula is C24H19F3N2O3S. The van der Waals surface area contributed by atoms with Gasteiger partial charge >= 0.3 is 12.1 Å². The lowest BCUT2D eigenvalue weighted by Crippen LogP contribution is -2.08. The van der Waals surface area contributed by atoms with E-state index in [1.807, 2.05) is 24.3 Å². The van der Waals surface area contributed by atoms with Crippen LogP contribution in [-0.2, 0) is 23.9 Å². The quantitative estimate of drug-likeness (QED) is 0.375. The molecule has 1 atom stereocenters. The number of nitrogens with zero attached hydrogens (tertiary/aromatic N) is 2. The van der Waals surface area contributed by atoms with Crippen LogP contribution in [0.3, 0.4) is 0 Å². The number of aliphatic carboxylic acids is 1. The molecule has 0 amide bonds. The van der Waals surface area contributed by atoms with E-state index in [4.69, 9.17) is 14.8 Å². The minimum atomic E-state index is -4.35. The second kappa shape index (κ2) is 8.22. The van der Waals surface area contributed by atoms with Crippen molar-refractivity contribution >= 4 is 28.2 Å². The van der Waals surface area contributed by atoms with Crippen molar-refractivity contribution in [2.75, 3.05) is 6.61 Å². The van der Waals surface area contributed by atoms with E-state index in [0.717, 1.165) is 51.5 Å². The molecule has 2 aromatic heterocycles. The Kier molecular flexibility index (Phi) is 5.36. The lowest BCUT2D eigenvalue weighted by molar-refractivity contribution is -0.138. The third kappa shape index (κ3) is 4.32. The smallest absolute Gasteiger partial charge is 0.416 e. The van der Waals surface area contributed by atoms with Crippen LogP contribution >= 0.6 is 11.3 Å².